The van der Waals surface area contributed by atoms with E-state index in [2.05, 4.69) is 11.8 Å². The fraction of sp³-hybridized carbons (Fsp3) is 0.643. The molecule has 0 rings (SSSR count). The van der Waals surface area contributed by atoms with Crippen molar-refractivity contribution in [1.29, 1.82) is 0 Å². The first-order valence-corrected chi connectivity index (χ1v) is 13.8. The lowest BCUT2D eigenvalue weighted by Gasteiger charge is -2.21. The number of hydrogen-bond donors (Lipinski definition) is 2. The lowest BCUT2D eigenvalue weighted by Crippen LogP contribution is -2.33. The van der Waals surface area contributed by atoms with Crippen LogP contribution in [-0.2, 0) is 47.7 Å². The summed E-state index contributed by atoms with van der Waals surface area (Å²) in [6.45, 7) is 4.61. The van der Waals surface area contributed by atoms with E-state index < -0.39 is 23.9 Å². The van der Waals surface area contributed by atoms with Gasteiger partial charge in [-0.3, -0.25) is 14.5 Å². The predicted octanol–water partition coefficient (Wildman–Crippen LogP) is 2.66. The van der Waals surface area contributed by atoms with Crippen molar-refractivity contribution in [1.82, 2.24) is 4.90 Å². The molecule has 13 nitrogen and oxygen atoms in total. The van der Waals surface area contributed by atoms with Crippen LogP contribution in [0.15, 0.2) is 24.3 Å². The minimum atomic E-state index is -1.23. The first-order chi connectivity index (χ1) is 19.6. The fourth-order valence-electron chi connectivity index (χ4n) is 3.26. The van der Waals surface area contributed by atoms with Crippen LogP contribution in [0.1, 0.15) is 71.1 Å². The minimum Gasteiger partial charge on any atom is -0.478 e. The van der Waals surface area contributed by atoms with Gasteiger partial charge >= 0.3 is 35.8 Å². The van der Waals surface area contributed by atoms with Gasteiger partial charge < -0.3 is 29.2 Å². The molecule has 0 aromatic heterocycles. The molecule has 0 unspecified atom stereocenters. The number of esters is 4. The van der Waals surface area contributed by atoms with Crippen molar-refractivity contribution >= 4 is 35.8 Å². The van der Waals surface area contributed by atoms with Crippen molar-refractivity contribution in [2.75, 3.05) is 46.1 Å². The van der Waals surface area contributed by atoms with Crippen LogP contribution in [0.5, 0.6) is 0 Å². The normalized spacial score (nSPS) is 11.1. The number of hydrogen-bond acceptors (Lipinski definition) is 11. The lowest BCUT2D eigenvalue weighted by atomic mass is 10.2. The van der Waals surface area contributed by atoms with Crippen LogP contribution in [0, 0.1) is 0 Å². The van der Waals surface area contributed by atoms with Crippen molar-refractivity contribution in [2.24, 2.45) is 0 Å². The van der Waals surface area contributed by atoms with E-state index in [1.54, 1.807) is 0 Å². The largest absolute Gasteiger partial charge is 0.478 e. The Morgan fingerprint density at radius 2 is 0.976 bits per heavy atom. The van der Waals surface area contributed by atoms with Crippen molar-refractivity contribution in [3.05, 3.63) is 24.3 Å². The smallest absolute Gasteiger partial charge is 0.331 e. The third-order valence-electron chi connectivity index (χ3n) is 5.43. The third kappa shape index (κ3) is 26.3. The van der Waals surface area contributed by atoms with E-state index in [0.717, 1.165) is 31.5 Å². The van der Waals surface area contributed by atoms with E-state index in [1.165, 1.54) is 0 Å². The first kappa shape index (κ1) is 37.3. The number of carbonyl (C=O) groups excluding carboxylic acids is 4. The molecule has 13 heteroatoms. The van der Waals surface area contributed by atoms with E-state index in [0.29, 0.717) is 63.8 Å². The van der Waals surface area contributed by atoms with Gasteiger partial charge in [-0.05, 0) is 51.5 Å². The second-order valence-electron chi connectivity index (χ2n) is 8.94. The maximum atomic E-state index is 12.0. The van der Waals surface area contributed by atoms with Crippen LogP contribution < -0.4 is 0 Å². The van der Waals surface area contributed by atoms with Crippen LogP contribution in [0.25, 0.3) is 0 Å². The second kappa shape index (κ2) is 25.2. The highest BCUT2D eigenvalue weighted by Crippen LogP contribution is 2.05. The highest BCUT2D eigenvalue weighted by atomic mass is 16.5. The lowest BCUT2D eigenvalue weighted by molar-refractivity contribution is -0.145. The molecular weight excluding hydrogens is 542 g/mol. The summed E-state index contributed by atoms with van der Waals surface area (Å²) < 4.78 is 20.3. The topological polar surface area (TPSA) is 183 Å². The summed E-state index contributed by atoms with van der Waals surface area (Å²) in [4.78, 5) is 69.2. The molecule has 0 heterocycles. The molecular formula is C28H43NO12. The summed E-state index contributed by atoms with van der Waals surface area (Å²) >= 11 is 0. The fourth-order valence-corrected chi connectivity index (χ4v) is 3.26. The third-order valence-corrected chi connectivity index (χ3v) is 5.43. The maximum absolute atomic E-state index is 12.0. The molecule has 0 spiro atoms. The summed E-state index contributed by atoms with van der Waals surface area (Å²) in [5, 5.41) is 16.9. The standard InChI is InChI=1S/C28H43NO12/c1-2-3-16-29(17-21-40-25(34)10-6-4-8-19-38-27(36)14-12-23(30)31)18-22-41-26(35)11-7-5-9-20-39-28(37)15-13-24(32)33/h12-15H,2-11,16-22H2,1H3,(H,30,31)(H,32,33)/b14-12+,15-13+. The number of carbonyl (C=O) groups is 6. The molecule has 232 valence electrons. The van der Waals surface area contributed by atoms with Crippen molar-refractivity contribution in [3.63, 3.8) is 0 Å². The van der Waals surface area contributed by atoms with E-state index >= 15 is 0 Å². The Bertz CT molecular complexity index is 802. The van der Waals surface area contributed by atoms with Gasteiger partial charge in [-0.2, -0.15) is 0 Å². The van der Waals surface area contributed by atoms with E-state index in [1.807, 2.05) is 0 Å². The van der Waals surface area contributed by atoms with E-state index in [9.17, 15) is 28.8 Å². The summed E-state index contributed by atoms with van der Waals surface area (Å²) in [5.41, 5.74) is 0. The molecule has 0 aromatic carbocycles. The van der Waals surface area contributed by atoms with Gasteiger partial charge in [0.2, 0.25) is 0 Å². The molecule has 0 atom stereocenters. The number of carboxylic acids is 2. The van der Waals surface area contributed by atoms with Gasteiger partial charge in [0, 0.05) is 50.2 Å². The monoisotopic (exact) mass is 585 g/mol. The summed E-state index contributed by atoms with van der Waals surface area (Å²) in [6, 6.07) is 0. The molecule has 0 aromatic rings. The number of nitrogens with zero attached hydrogens (tertiary/aromatic N) is 1. The van der Waals surface area contributed by atoms with Crippen molar-refractivity contribution < 1.29 is 57.9 Å². The van der Waals surface area contributed by atoms with Gasteiger partial charge in [0.25, 0.3) is 0 Å². The Morgan fingerprint density at radius 1 is 0.537 bits per heavy atom. The van der Waals surface area contributed by atoms with Gasteiger partial charge in [0.15, 0.2) is 0 Å². The molecule has 0 saturated heterocycles. The highest BCUT2D eigenvalue weighted by Gasteiger charge is 2.10. The van der Waals surface area contributed by atoms with Gasteiger partial charge in [0.05, 0.1) is 13.2 Å². The molecule has 0 bridgehead atoms. The zero-order valence-corrected chi connectivity index (χ0v) is 23.8. The first-order valence-electron chi connectivity index (χ1n) is 13.8. The van der Waals surface area contributed by atoms with E-state index in [4.69, 9.17) is 29.2 Å². The van der Waals surface area contributed by atoms with Crippen molar-refractivity contribution in [3.8, 4) is 0 Å². The number of carboxylic acid groups (broad SMARTS) is 2. The summed E-state index contributed by atoms with van der Waals surface area (Å²) in [5.74, 6) is -4.55. The second-order valence-corrected chi connectivity index (χ2v) is 8.94. The Balaban J connectivity index is 3.95. The zero-order valence-electron chi connectivity index (χ0n) is 23.8. The molecule has 0 radical (unpaired) electrons. The summed E-state index contributed by atoms with van der Waals surface area (Å²) in [6.07, 6.45) is 9.07. The number of aliphatic carboxylic acids is 2. The van der Waals surface area contributed by atoms with E-state index in [-0.39, 0.29) is 51.2 Å². The SMILES string of the molecule is CCCCN(CCOC(=O)CCCCCOC(=O)/C=C/C(=O)O)CCOC(=O)CCCCCOC(=O)/C=C/C(=O)O. The Kier molecular flexibility index (Phi) is 22.9. The Labute approximate surface area is 240 Å². The average Bonchev–Trinajstić information content (AvgIpc) is 2.92. The molecule has 0 amide bonds. The molecule has 0 fully saturated rings. The molecule has 0 aliphatic carbocycles. The molecule has 0 aliphatic heterocycles. The minimum absolute atomic E-state index is 0.140. The molecule has 0 aliphatic rings. The Hall–Kier alpha value is -3.74. The molecule has 0 saturated carbocycles. The molecule has 2 N–H and O–H groups in total. The van der Waals surface area contributed by atoms with Crippen LogP contribution in [-0.4, -0.2) is 97.0 Å². The molecule has 41 heavy (non-hydrogen) atoms. The van der Waals surface area contributed by atoms with Crippen LogP contribution in [0.2, 0.25) is 0 Å². The maximum Gasteiger partial charge on any atom is 0.331 e. The van der Waals surface area contributed by atoms with Crippen molar-refractivity contribution in [2.45, 2.75) is 71.1 Å². The number of rotatable bonds is 25. The van der Waals surface area contributed by atoms with Gasteiger partial charge in [-0.1, -0.05) is 13.3 Å². The van der Waals surface area contributed by atoms with Gasteiger partial charge in [0.1, 0.15) is 13.2 Å². The zero-order chi connectivity index (χ0) is 30.7. The average molecular weight is 586 g/mol. The van der Waals surface area contributed by atoms with Gasteiger partial charge in [-0.15, -0.1) is 0 Å². The van der Waals surface area contributed by atoms with Crippen LogP contribution in [0.3, 0.4) is 0 Å². The number of ether oxygens (including phenoxy) is 4. The summed E-state index contributed by atoms with van der Waals surface area (Å²) in [7, 11) is 0. The predicted molar refractivity (Wildman–Crippen MR) is 146 cm³/mol. The highest BCUT2D eigenvalue weighted by molar-refractivity contribution is 5.91. The van der Waals surface area contributed by atoms with Crippen LogP contribution in [0.4, 0.5) is 0 Å². The Morgan fingerprint density at radius 3 is 1.37 bits per heavy atom. The van der Waals surface area contributed by atoms with Gasteiger partial charge in [-0.25, -0.2) is 19.2 Å². The number of unbranched alkanes of at least 4 members (excludes halogenated alkanes) is 5. The quantitative estimate of drug-likeness (QED) is 0.0691. The van der Waals surface area contributed by atoms with Crippen LogP contribution >= 0.6 is 0 Å².